The highest BCUT2D eigenvalue weighted by Gasteiger charge is 2.32. The molecule has 0 bridgehead atoms. The Morgan fingerprint density at radius 2 is 1.90 bits per heavy atom. The molecular weight excluding hydrogens is 300 g/mol. The summed E-state index contributed by atoms with van der Waals surface area (Å²) in [6.07, 6.45) is 0.721. The summed E-state index contributed by atoms with van der Waals surface area (Å²) >= 11 is 0. The molecule has 0 amide bonds. The largest absolute Gasteiger partial charge is 0.502 e. The van der Waals surface area contributed by atoms with Crippen molar-refractivity contribution in [3.8, 4) is 5.75 Å². The van der Waals surface area contributed by atoms with Crippen molar-refractivity contribution in [2.24, 2.45) is 0 Å². The van der Waals surface area contributed by atoms with Crippen LogP contribution < -0.4 is 4.72 Å². The van der Waals surface area contributed by atoms with Gasteiger partial charge in [-0.3, -0.25) is 10.1 Å². The highest BCUT2D eigenvalue weighted by Crippen LogP contribution is 2.29. The van der Waals surface area contributed by atoms with Crippen molar-refractivity contribution >= 4 is 15.7 Å². The molecule has 0 saturated heterocycles. The first kappa shape index (κ1) is 17.3. The van der Waals surface area contributed by atoms with Crippen molar-refractivity contribution in [1.29, 1.82) is 0 Å². The second-order valence-corrected chi connectivity index (χ2v) is 6.34. The van der Waals surface area contributed by atoms with Crippen molar-refractivity contribution in [3.05, 3.63) is 28.3 Å². The van der Waals surface area contributed by atoms with Crippen molar-refractivity contribution in [1.82, 2.24) is 4.72 Å². The molecule has 0 unspecified atom stereocenters. The smallest absolute Gasteiger partial charge is 0.312 e. The van der Waals surface area contributed by atoms with Crippen molar-refractivity contribution in [2.45, 2.75) is 37.1 Å². The number of nitrogens with zero attached hydrogens (tertiary/aromatic N) is 1. The second-order valence-electron chi connectivity index (χ2n) is 4.66. The molecule has 8 nitrogen and oxygen atoms in total. The van der Waals surface area contributed by atoms with Gasteiger partial charge in [0.05, 0.1) is 22.0 Å². The molecule has 0 aromatic heterocycles. The zero-order valence-corrected chi connectivity index (χ0v) is 12.6. The molecule has 0 aliphatic heterocycles. The van der Waals surface area contributed by atoms with E-state index in [1.54, 1.807) is 13.8 Å². The summed E-state index contributed by atoms with van der Waals surface area (Å²) in [6, 6.07) is 2.80. The third kappa shape index (κ3) is 3.69. The van der Waals surface area contributed by atoms with Gasteiger partial charge in [0.1, 0.15) is 0 Å². The zero-order valence-electron chi connectivity index (χ0n) is 11.7. The van der Waals surface area contributed by atoms with Gasteiger partial charge in [0.2, 0.25) is 10.0 Å². The van der Waals surface area contributed by atoms with Gasteiger partial charge in [0.15, 0.2) is 5.75 Å². The van der Waals surface area contributed by atoms with E-state index in [0.29, 0.717) is 12.8 Å². The number of nitro groups is 1. The minimum atomic E-state index is -4.05. The van der Waals surface area contributed by atoms with Crippen LogP contribution in [0.1, 0.15) is 26.7 Å². The number of hydrogen-bond donors (Lipinski definition) is 3. The zero-order chi connectivity index (χ0) is 16.3. The van der Waals surface area contributed by atoms with Gasteiger partial charge in [-0.1, -0.05) is 13.8 Å². The van der Waals surface area contributed by atoms with Crippen LogP contribution in [0.5, 0.6) is 5.75 Å². The number of sulfonamides is 1. The average Bonchev–Trinajstić information content (AvgIpc) is 2.44. The van der Waals surface area contributed by atoms with E-state index < -0.39 is 31.9 Å². The van der Waals surface area contributed by atoms with Crippen LogP contribution >= 0.6 is 0 Å². The number of aliphatic hydroxyl groups is 1. The maximum atomic E-state index is 12.3. The monoisotopic (exact) mass is 318 g/mol. The predicted octanol–water partition coefficient (Wildman–Crippen LogP) is 1.13. The lowest BCUT2D eigenvalue weighted by Gasteiger charge is -2.30. The minimum Gasteiger partial charge on any atom is -0.502 e. The molecule has 1 aromatic carbocycles. The lowest BCUT2D eigenvalue weighted by molar-refractivity contribution is -0.386. The van der Waals surface area contributed by atoms with Crippen LogP contribution in [0.3, 0.4) is 0 Å². The van der Waals surface area contributed by atoms with E-state index in [2.05, 4.69) is 4.72 Å². The molecule has 21 heavy (non-hydrogen) atoms. The first-order chi connectivity index (χ1) is 9.71. The molecule has 0 atom stereocenters. The van der Waals surface area contributed by atoms with Gasteiger partial charge in [0, 0.05) is 6.07 Å². The predicted molar refractivity (Wildman–Crippen MR) is 75.5 cm³/mol. The fraction of sp³-hybridized carbons (Fsp3) is 0.500. The third-order valence-electron chi connectivity index (χ3n) is 3.46. The number of nitro benzene ring substituents is 1. The van der Waals surface area contributed by atoms with Gasteiger partial charge < -0.3 is 10.2 Å². The Kier molecular flexibility index (Phi) is 5.26. The number of nitrogens with one attached hydrogen (secondary N) is 1. The Bertz CT molecular complexity index is 616. The lowest BCUT2D eigenvalue weighted by atomic mass is 9.96. The Balaban J connectivity index is 3.26. The fourth-order valence-electron chi connectivity index (χ4n) is 1.81. The van der Waals surface area contributed by atoms with Crippen LogP contribution in [0.15, 0.2) is 23.1 Å². The molecule has 3 N–H and O–H groups in total. The Morgan fingerprint density at radius 3 is 2.33 bits per heavy atom. The molecule has 0 fully saturated rings. The van der Waals surface area contributed by atoms with E-state index in [9.17, 15) is 28.7 Å². The molecule has 0 spiro atoms. The summed E-state index contributed by atoms with van der Waals surface area (Å²) in [4.78, 5) is 9.54. The number of aliphatic hydroxyl groups excluding tert-OH is 1. The summed E-state index contributed by atoms with van der Waals surface area (Å²) in [5.41, 5.74) is -1.72. The molecule has 0 heterocycles. The summed E-state index contributed by atoms with van der Waals surface area (Å²) in [6.45, 7) is 3.06. The highest BCUT2D eigenvalue weighted by atomic mass is 32.2. The van der Waals surface area contributed by atoms with Gasteiger partial charge in [-0.05, 0) is 25.0 Å². The standard InChI is InChI=1S/C12H18N2O6S/c1-3-12(4-2,8-15)13-21(19,20)9-5-6-11(16)10(7-9)14(17)18/h5-7,13,15-16H,3-4,8H2,1-2H3. The van der Waals surface area contributed by atoms with Crippen LogP contribution in [-0.2, 0) is 10.0 Å². The van der Waals surface area contributed by atoms with E-state index in [-0.39, 0.29) is 11.5 Å². The number of aromatic hydroxyl groups is 1. The molecule has 1 aromatic rings. The van der Waals surface area contributed by atoms with E-state index in [0.717, 1.165) is 18.2 Å². The molecule has 9 heteroatoms. The number of phenols is 1. The molecule has 0 aliphatic rings. The molecule has 118 valence electrons. The van der Waals surface area contributed by atoms with Crippen LogP contribution in [0.25, 0.3) is 0 Å². The number of rotatable bonds is 7. The Morgan fingerprint density at radius 1 is 1.33 bits per heavy atom. The first-order valence-electron chi connectivity index (χ1n) is 6.33. The van der Waals surface area contributed by atoms with Crippen molar-refractivity contribution in [2.75, 3.05) is 6.61 Å². The maximum absolute atomic E-state index is 12.3. The van der Waals surface area contributed by atoms with E-state index in [1.165, 1.54) is 0 Å². The van der Waals surface area contributed by atoms with Gasteiger partial charge in [-0.15, -0.1) is 0 Å². The summed E-state index contributed by atoms with van der Waals surface area (Å²) in [5.74, 6) is -0.613. The van der Waals surface area contributed by atoms with Gasteiger partial charge in [-0.2, -0.15) is 0 Å². The van der Waals surface area contributed by atoms with Crippen LogP contribution in [0.4, 0.5) is 5.69 Å². The van der Waals surface area contributed by atoms with Crippen molar-refractivity contribution in [3.63, 3.8) is 0 Å². The number of benzene rings is 1. The van der Waals surface area contributed by atoms with Gasteiger partial charge in [-0.25, -0.2) is 13.1 Å². The molecule has 0 aliphatic carbocycles. The molecule has 0 radical (unpaired) electrons. The molecule has 0 saturated carbocycles. The first-order valence-corrected chi connectivity index (χ1v) is 7.82. The fourth-order valence-corrected chi connectivity index (χ4v) is 3.37. The topological polar surface area (TPSA) is 130 Å². The van der Waals surface area contributed by atoms with Crippen molar-refractivity contribution < 1.29 is 23.6 Å². The van der Waals surface area contributed by atoms with E-state index in [4.69, 9.17) is 0 Å². The Hall–Kier alpha value is -1.71. The van der Waals surface area contributed by atoms with Gasteiger partial charge >= 0.3 is 5.69 Å². The Labute approximate surface area is 122 Å². The SMILES string of the molecule is CCC(CC)(CO)NS(=O)(=O)c1ccc(O)c([N+](=O)[O-])c1. The molecule has 1 rings (SSSR count). The van der Waals surface area contributed by atoms with Gasteiger partial charge in [0.25, 0.3) is 0 Å². The lowest BCUT2D eigenvalue weighted by Crippen LogP contribution is -2.50. The number of phenolic OH excluding ortho intramolecular Hbond substituents is 1. The average molecular weight is 318 g/mol. The highest BCUT2D eigenvalue weighted by molar-refractivity contribution is 7.89. The summed E-state index contributed by atoms with van der Waals surface area (Å²) in [7, 11) is -4.05. The van der Waals surface area contributed by atoms with E-state index >= 15 is 0 Å². The maximum Gasteiger partial charge on any atom is 0.312 e. The summed E-state index contributed by atoms with van der Waals surface area (Å²) in [5, 5.41) is 29.5. The van der Waals surface area contributed by atoms with E-state index in [1.807, 2.05) is 0 Å². The molecular formula is C12H18N2O6S. The number of hydrogen-bond acceptors (Lipinski definition) is 6. The summed E-state index contributed by atoms with van der Waals surface area (Å²) < 4.78 is 26.9. The van der Waals surface area contributed by atoms with Crippen LogP contribution in [0, 0.1) is 10.1 Å². The minimum absolute atomic E-state index is 0.341. The normalized spacial score (nSPS) is 12.3. The van der Waals surface area contributed by atoms with Crippen LogP contribution in [0.2, 0.25) is 0 Å². The van der Waals surface area contributed by atoms with Crippen LogP contribution in [-0.4, -0.2) is 35.7 Å². The third-order valence-corrected chi connectivity index (χ3v) is 5.04. The quantitative estimate of drug-likeness (QED) is 0.510. The second kappa shape index (κ2) is 6.37.